The molecule has 7 nitrogen and oxygen atoms in total. The van der Waals surface area contributed by atoms with Crippen molar-refractivity contribution in [3.63, 3.8) is 0 Å². The Kier molecular flexibility index (Phi) is 5.12. The highest BCUT2D eigenvalue weighted by molar-refractivity contribution is 6.06. The molecule has 0 bridgehead atoms. The van der Waals surface area contributed by atoms with Gasteiger partial charge in [0.2, 0.25) is 5.91 Å². The Bertz CT molecular complexity index is 1350. The standard InChI is InChI=1S/C25H21FN4O3/c26-17-8-6-16(7-9-17)22-13-18(33-29-22)14-25(24(27)32)10-12-30(15-25)23(31)20-3-1-5-21-19(20)4-2-11-28-21/h1-9,11,13H,10,12,14-15H2,(H2,27,32)/t25-/m1/s1. The zero-order valence-corrected chi connectivity index (χ0v) is 17.7. The van der Waals surface area contributed by atoms with Gasteiger partial charge in [-0.15, -0.1) is 0 Å². The number of carbonyl (C=O) groups is 2. The molecule has 1 aliphatic heterocycles. The number of halogens is 1. The van der Waals surface area contributed by atoms with Gasteiger partial charge < -0.3 is 15.2 Å². The lowest BCUT2D eigenvalue weighted by atomic mass is 9.81. The molecule has 33 heavy (non-hydrogen) atoms. The first-order valence-corrected chi connectivity index (χ1v) is 10.6. The van der Waals surface area contributed by atoms with Crippen molar-refractivity contribution in [3.8, 4) is 11.3 Å². The molecule has 3 heterocycles. The van der Waals surface area contributed by atoms with Gasteiger partial charge in [-0.3, -0.25) is 14.6 Å². The highest BCUT2D eigenvalue weighted by atomic mass is 19.1. The molecule has 2 aromatic carbocycles. The first kappa shape index (κ1) is 20.8. The molecule has 0 spiro atoms. The van der Waals surface area contributed by atoms with Crippen molar-refractivity contribution in [2.75, 3.05) is 13.1 Å². The molecule has 2 aromatic heterocycles. The fourth-order valence-corrected chi connectivity index (χ4v) is 4.42. The van der Waals surface area contributed by atoms with Crippen LogP contribution in [0.1, 0.15) is 22.5 Å². The van der Waals surface area contributed by atoms with Crippen LogP contribution in [0.3, 0.4) is 0 Å². The summed E-state index contributed by atoms with van der Waals surface area (Å²) in [5, 5.41) is 4.81. The minimum atomic E-state index is -0.960. The van der Waals surface area contributed by atoms with Gasteiger partial charge in [0, 0.05) is 48.3 Å². The highest BCUT2D eigenvalue weighted by Gasteiger charge is 2.46. The lowest BCUT2D eigenvalue weighted by Gasteiger charge is -2.25. The molecule has 1 saturated heterocycles. The SMILES string of the molecule is NC(=O)[C@@]1(Cc2cc(-c3ccc(F)cc3)no2)CCN(C(=O)c2cccc3ncccc23)C1. The number of benzene rings is 2. The normalized spacial score (nSPS) is 18.0. The van der Waals surface area contributed by atoms with E-state index in [4.69, 9.17) is 10.3 Å². The van der Waals surface area contributed by atoms with Crippen LogP contribution in [0.2, 0.25) is 0 Å². The van der Waals surface area contributed by atoms with Gasteiger partial charge in [0.15, 0.2) is 0 Å². The molecule has 2 amide bonds. The molecular formula is C25H21FN4O3. The maximum absolute atomic E-state index is 13.3. The number of likely N-dealkylation sites (tertiary alicyclic amines) is 1. The van der Waals surface area contributed by atoms with Gasteiger partial charge >= 0.3 is 0 Å². The second-order valence-electron chi connectivity index (χ2n) is 8.36. The van der Waals surface area contributed by atoms with Crippen molar-refractivity contribution in [1.29, 1.82) is 0 Å². The molecule has 166 valence electrons. The summed E-state index contributed by atoms with van der Waals surface area (Å²) in [5.74, 6) is -0.511. The number of aromatic nitrogens is 2. The Hall–Kier alpha value is -4.07. The Labute approximate surface area is 189 Å². The summed E-state index contributed by atoms with van der Waals surface area (Å²) >= 11 is 0. The zero-order valence-electron chi connectivity index (χ0n) is 17.7. The number of rotatable bonds is 5. The van der Waals surface area contributed by atoms with Gasteiger partial charge in [-0.1, -0.05) is 17.3 Å². The summed E-state index contributed by atoms with van der Waals surface area (Å²) < 4.78 is 18.7. The van der Waals surface area contributed by atoms with Crippen LogP contribution in [0.5, 0.6) is 0 Å². The van der Waals surface area contributed by atoms with Gasteiger partial charge in [0.1, 0.15) is 17.3 Å². The van der Waals surface area contributed by atoms with Gasteiger partial charge in [-0.05, 0) is 48.9 Å². The Balaban J connectivity index is 1.38. The van der Waals surface area contributed by atoms with Crippen molar-refractivity contribution >= 4 is 22.7 Å². The van der Waals surface area contributed by atoms with E-state index in [1.54, 1.807) is 47.5 Å². The van der Waals surface area contributed by atoms with Crippen molar-refractivity contribution in [2.24, 2.45) is 11.1 Å². The number of amides is 2. The smallest absolute Gasteiger partial charge is 0.254 e. The van der Waals surface area contributed by atoms with E-state index < -0.39 is 11.3 Å². The maximum Gasteiger partial charge on any atom is 0.254 e. The first-order chi connectivity index (χ1) is 15.9. The van der Waals surface area contributed by atoms with E-state index in [-0.39, 0.29) is 24.7 Å². The quantitative estimate of drug-likeness (QED) is 0.507. The second kappa shape index (κ2) is 8.12. The third-order valence-electron chi connectivity index (χ3n) is 6.25. The number of nitrogens with two attached hydrogens (primary N) is 1. The Morgan fingerprint density at radius 3 is 2.73 bits per heavy atom. The number of fused-ring (bicyclic) bond motifs is 1. The van der Waals surface area contributed by atoms with Crippen LogP contribution in [0, 0.1) is 11.2 Å². The maximum atomic E-state index is 13.3. The lowest BCUT2D eigenvalue weighted by molar-refractivity contribution is -0.127. The van der Waals surface area contributed by atoms with Crippen LogP contribution in [-0.4, -0.2) is 39.9 Å². The summed E-state index contributed by atoms with van der Waals surface area (Å²) in [6.07, 6.45) is 2.32. The molecule has 4 aromatic rings. The summed E-state index contributed by atoms with van der Waals surface area (Å²) in [6, 6.07) is 16.7. The monoisotopic (exact) mass is 444 g/mol. The van der Waals surface area contributed by atoms with E-state index in [1.807, 2.05) is 12.1 Å². The zero-order chi connectivity index (χ0) is 23.0. The van der Waals surface area contributed by atoms with E-state index >= 15 is 0 Å². The van der Waals surface area contributed by atoms with Crippen LogP contribution >= 0.6 is 0 Å². The summed E-state index contributed by atoms with van der Waals surface area (Å²) in [5.41, 5.74) is 7.37. The third kappa shape index (κ3) is 3.84. The summed E-state index contributed by atoms with van der Waals surface area (Å²) in [6.45, 7) is 0.585. The van der Waals surface area contributed by atoms with Crippen LogP contribution in [0.4, 0.5) is 4.39 Å². The molecule has 0 radical (unpaired) electrons. The van der Waals surface area contributed by atoms with E-state index in [0.717, 1.165) is 10.9 Å². The van der Waals surface area contributed by atoms with Crippen molar-refractivity contribution in [1.82, 2.24) is 15.0 Å². The van der Waals surface area contributed by atoms with Crippen molar-refractivity contribution in [3.05, 3.63) is 84.0 Å². The van der Waals surface area contributed by atoms with E-state index in [1.165, 1.54) is 12.1 Å². The van der Waals surface area contributed by atoms with E-state index in [2.05, 4.69) is 10.1 Å². The van der Waals surface area contributed by atoms with Crippen LogP contribution in [0.25, 0.3) is 22.2 Å². The number of carbonyl (C=O) groups excluding carboxylic acids is 2. The minimum absolute atomic E-state index is 0.165. The highest BCUT2D eigenvalue weighted by Crippen LogP contribution is 2.36. The van der Waals surface area contributed by atoms with Gasteiger partial charge in [-0.2, -0.15) is 0 Å². The topological polar surface area (TPSA) is 102 Å². The Morgan fingerprint density at radius 1 is 1.12 bits per heavy atom. The minimum Gasteiger partial charge on any atom is -0.369 e. The number of hydrogen-bond acceptors (Lipinski definition) is 5. The Morgan fingerprint density at radius 2 is 1.94 bits per heavy atom. The molecule has 2 N–H and O–H groups in total. The van der Waals surface area contributed by atoms with Crippen LogP contribution in [0.15, 0.2) is 71.4 Å². The third-order valence-corrected chi connectivity index (χ3v) is 6.25. The molecule has 1 atom stereocenters. The molecule has 1 fully saturated rings. The average molecular weight is 444 g/mol. The second-order valence-corrected chi connectivity index (χ2v) is 8.36. The van der Waals surface area contributed by atoms with Crippen LogP contribution in [-0.2, 0) is 11.2 Å². The van der Waals surface area contributed by atoms with Crippen LogP contribution < -0.4 is 5.73 Å². The lowest BCUT2D eigenvalue weighted by Crippen LogP contribution is -2.42. The van der Waals surface area contributed by atoms with E-state index in [0.29, 0.717) is 35.5 Å². The number of pyridine rings is 1. The van der Waals surface area contributed by atoms with Crippen molar-refractivity contribution in [2.45, 2.75) is 12.8 Å². The number of primary amides is 1. The van der Waals surface area contributed by atoms with Crippen molar-refractivity contribution < 1.29 is 18.5 Å². The molecular weight excluding hydrogens is 423 g/mol. The molecule has 0 aliphatic carbocycles. The number of hydrogen-bond donors (Lipinski definition) is 1. The predicted molar refractivity (Wildman–Crippen MR) is 119 cm³/mol. The fraction of sp³-hybridized carbons (Fsp3) is 0.200. The fourth-order valence-electron chi connectivity index (χ4n) is 4.42. The molecule has 1 aliphatic rings. The average Bonchev–Trinajstić information content (AvgIpc) is 3.47. The predicted octanol–water partition coefficient (Wildman–Crippen LogP) is 3.59. The largest absolute Gasteiger partial charge is 0.369 e. The molecule has 5 rings (SSSR count). The summed E-state index contributed by atoms with van der Waals surface area (Å²) in [4.78, 5) is 31.8. The van der Waals surface area contributed by atoms with Gasteiger partial charge in [0.05, 0.1) is 10.9 Å². The van der Waals surface area contributed by atoms with E-state index in [9.17, 15) is 14.0 Å². The molecule has 8 heteroatoms. The summed E-state index contributed by atoms with van der Waals surface area (Å²) in [7, 11) is 0. The van der Waals surface area contributed by atoms with Gasteiger partial charge in [-0.25, -0.2) is 4.39 Å². The number of nitrogens with zero attached hydrogens (tertiary/aromatic N) is 3. The first-order valence-electron chi connectivity index (χ1n) is 10.6. The molecule has 0 unspecified atom stereocenters. The molecule has 0 saturated carbocycles. The van der Waals surface area contributed by atoms with Gasteiger partial charge in [0.25, 0.3) is 5.91 Å².